The third-order valence-electron chi connectivity index (χ3n) is 10.5. The van der Waals surface area contributed by atoms with Crippen LogP contribution in [-0.4, -0.2) is 4.57 Å². The summed E-state index contributed by atoms with van der Waals surface area (Å²) in [4.78, 5) is 2.52. The van der Waals surface area contributed by atoms with Crippen LogP contribution < -0.4 is 4.90 Å². The average molecular weight is 667 g/mol. The van der Waals surface area contributed by atoms with E-state index in [-0.39, 0.29) is 0 Å². The van der Waals surface area contributed by atoms with Crippen LogP contribution in [0.4, 0.5) is 17.1 Å². The number of thiophene rings is 1. The highest BCUT2D eigenvalue weighted by atomic mass is 32.1. The molecule has 9 aromatic carbocycles. The Morgan fingerprint density at radius 1 is 0.373 bits per heavy atom. The van der Waals surface area contributed by atoms with E-state index in [1.54, 1.807) is 0 Å². The van der Waals surface area contributed by atoms with Gasteiger partial charge in [0.05, 0.1) is 22.4 Å². The molecule has 0 saturated heterocycles. The second-order valence-corrected chi connectivity index (χ2v) is 14.4. The van der Waals surface area contributed by atoms with Gasteiger partial charge in [0.25, 0.3) is 0 Å². The lowest BCUT2D eigenvalue weighted by atomic mass is 9.94. The fourth-order valence-electron chi connectivity index (χ4n) is 8.35. The Morgan fingerprint density at radius 2 is 1.04 bits per heavy atom. The van der Waals surface area contributed by atoms with Crippen molar-refractivity contribution in [2.24, 2.45) is 0 Å². The molecule has 2 heterocycles. The molecule has 11 aromatic rings. The molecule has 0 aliphatic carbocycles. The van der Waals surface area contributed by atoms with Crippen LogP contribution in [0.15, 0.2) is 182 Å². The minimum atomic E-state index is 1.13. The molecule has 3 heteroatoms. The van der Waals surface area contributed by atoms with Gasteiger partial charge in [0.2, 0.25) is 0 Å². The SMILES string of the molecule is c1ccc(-n2c3ccccc3c3cc(N(c4cc5ccc6ccccc6c5c5ccccc45)c4cccc5sc6ccccc6c45)ccc32)cc1. The second-order valence-electron chi connectivity index (χ2n) is 13.3. The molecule has 0 radical (unpaired) electrons. The summed E-state index contributed by atoms with van der Waals surface area (Å²) in [6, 6.07) is 66.8. The molecule has 0 spiro atoms. The summed E-state index contributed by atoms with van der Waals surface area (Å²) in [5.74, 6) is 0. The van der Waals surface area contributed by atoms with Gasteiger partial charge in [-0.25, -0.2) is 0 Å². The van der Waals surface area contributed by atoms with Gasteiger partial charge in [-0.05, 0) is 87.6 Å². The van der Waals surface area contributed by atoms with Crippen LogP contribution in [0.25, 0.3) is 80.0 Å². The van der Waals surface area contributed by atoms with E-state index >= 15 is 0 Å². The minimum Gasteiger partial charge on any atom is -0.309 e. The van der Waals surface area contributed by atoms with E-state index in [2.05, 4.69) is 191 Å². The molecule has 2 nitrogen and oxygen atoms in total. The van der Waals surface area contributed by atoms with Crippen molar-refractivity contribution in [2.45, 2.75) is 0 Å². The van der Waals surface area contributed by atoms with Gasteiger partial charge >= 0.3 is 0 Å². The molecule has 2 aromatic heterocycles. The van der Waals surface area contributed by atoms with Crippen molar-refractivity contribution in [1.29, 1.82) is 0 Å². The first-order chi connectivity index (χ1) is 25.3. The highest BCUT2D eigenvalue weighted by molar-refractivity contribution is 7.26. The number of hydrogen-bond donors (Lipinski definition) is 0. The van der Waals surface area contributed by atoms with E-state index in [4.69, 9.17) is 0 Å². The zero-order valence-electron chi connectivity index (χ0n) is 27.6. The Labute approximate surface area is 298 Å². The summed E-state index contributed by atoms with van der Waals surface area (Å²) < 4.78 is 4.98. The van der Waals surface area contributed by atoms with Gasteiger partial charge in [-0.3, -0.25) is 0 Å². The van der Waals surface area contributed by atoms with Crippen molar-refractivity contribution in [2.75, 3.05) is 4.90 Å². The number of anilines is 3. The molecule has 51 heavy (non-hydrogen) atoms. The van der Waals surface area contributed by atoms with Crippen LogP contribution in [0.5, 0.6) is 0 Å². The molecule has 0 fully saturated rings. The number of aromatic nitrogens is 1. The number of rotatable bonds is 4. The van der Waals surface area contributed by atoms with E-state index in [1.165, 1.54) is 85.7 Å². The van der Waals surface area contributed by atoms with Gasteiger partial charge < -0.3 is 9.47 Å². The topological polar surface area (TPSA) is 8.17 Å². The highest BCUT2D eigenvalue weighted by Crippen LogP contribution is 2.49. The molecule has 0 aliphatic rings. The first-order valence-electron chi connectivity index (χ1n) is 17.4. The fraction of sp³-hybridized carbons (Fsp3) is 0. The molecule has 0 unspecified atom stereocenters. The van der Waals surface area contributed by atoms with Crippen molar-refractivity contribution in [3.05, 3.63) is 182 Å². The first-order valence-corrected chi connectivity index (χ1v) is 18.3. The quantitative estimate of drug-likeness (QED) is 0.170. The number of fused-ring (bicyclic) bond motifs is 11. The summed E-state index contributed by atoms with van der Waals surface area (Å²) in [7, 11) is 0. The second kappa shape index (κ2) is 11.0. The molecule has 11 rings (SSSR count). The largest absolute Gasteiger partial charge is 0.309 e. The normalized spacial score (nSPS) is 11.9. The fourth-order valence-corrected chi connectivity index (χ4v) is 9.48. The van der Waals surface area contributed by atoms with E-state index in [1.807, 2.05) is 11.3 Å². The standard InChI is InChI=1S/C48H30N2S/c1-2-14-33(15-3-1)49-41-21-10-8-18-37(41)40-30-34(27-28-42(40)49)50(43-22-12-24-46-48(43)39-20-9-11-23-45(39)51-46)44-29-32-26-25-31-13-4-5-16-35(31)47(32)38-19-7-6-17-36(38)44/h1-30H. The zero-order chi connectivity index (χ0) is 33.5. The van der Waals surface area contributed by atoms with Gasteiger partial charge in [-0.15, -0.1) is 11.3 Å². The smallest absolute Gasteiger partial charge is 0.0555 e. The van der Waals surface area contributed by atoms with Crippen LogP contribution in [0.3, 0.4) is 0 Å². The first kappa shape index (κ1) is 28.4. The predicted octanol–water partition coefficient (Wildman–Crippen LogP) is 14.1. The molecule has 0 saturated carbocycles. The minimum absolute atomic E-state index is 1.13. The number of hydrogen-bond acceptors (Lipinski definition) is 2. The third kappa shape index (κ3) is 4.22. The molecule has 238 valence electrons. The maximum Gasteiger partial charge on any atom is 0.0555 e. The Balaban J connectivity index is 1.27. The van der Waals surface area contributed by atoms with Crippen LogP contribution in [-0.2, 0) is 0 Å². The monoisotopic (exact) mass is 666 g/mol. The van der Waals surface area contributed by atoms with Crippen molar-refractivity contribution in [3.63, 3.8) is 0 Å². The summed E-state index contributed by atoms with van der Waals surface area (Å²) >= 11 is 1.87. The zero-order valence-corrected chi connectivity index (χ0v) is 28.4. The van der Waals surface area contributed by atoms with Gasteiger partial charge in [0, 0.05) is 47.7 Å². The van der Waals surface area contributed by atoms with Crippen molar-refractivity contribution in [3.8, 4) is 5.69 Å². The summed E-state index contributed by atoms with van der Waals surface area (Å²) in [5.41, 5.74) is 7.04. The van der Waals surface area contributed by atoms with E-state index in [9.17, 15) is 0 Å². The van der Waals surface area contributed by atoms with E-state index < -0.39 is 0 Å². The Hall–Kier alpha value is -6.42. The lowest BCUT2D eigenvalue weighted by molar-refractivity contribution is 1.18. The van der Waals surface area contributed by atoms with Gasteiger partial charge in [0.15, 0.2) is 0 Å². The van der Waals surface area contributed by atoms with Crippen LogP contribution in [0, 0.1) is 0 Å². The van der Waals surface area contributed by atoms with E-state index in [0.717, 1.165) is 11.4 Å². The van der Waals surface area contributed by atoms with Crippen LogP contribution in [0.2, 0.25) is 0 Å². The molecular weight excluding hydrogens is 637 g/mol. The third-order valence-corrected chi connectivity index (χ3v) is 11.7. The molecule has 0 atom stereocenters. The number of para-hydroxylation sites is 2. The van der Waals surface area contributed by atoms with Crippen molar-refractivity contribution >= 4 is 103 Å². The molecular formula is C48H30N2S. The van der Waals surface area contributed by atoms with Gasteiger partial charge in [-0.2, -0.15) is 0 Å². The number of nitrogens with zero attached hydrogens (tertiary/aromatic N) is 2. The summed E-state index contributed by atoms with van der Waals surface area (Å²) in [5, 5.41) is 12.6. The van der Waals surface area contributed by atoms with E-state index in [0.29, 0.717) is 0 Å². The van der Waals surface area contributed by atoms with Crippen molar-refractivity contribution in [1.82, 2.24) is 4.57 Å². The lowest BCUT2D eigenvalue weighted by Crippen LogP contribution is -2.11. The van der Waals surface area contributed by atoms with Crippen LogP contribution >= 0.6 is 11.3 Å². The highest BCUT2D eigenvalue weighted by Gasteiger charge is 2.23. The van der Waals surface area contributed by atoms with Crippen molar-refractivity contribution < 1.29 is 0 Å². The molecule has 0 bridgehead atoms. The van der Waals surface area contributed by atoms with Gasteiger partial charge in [0.1, 0.15) is 0 Å². The lowest BCUT2D eigenvalue weighted by Gasteiger charge is -2.29. The van der Waals surface area contributed by atoms with Crippen LogP contribution in [0.1, 0.15) is 0 Å². The predicted molar refractivity (Wildman–Crippen MR) is 221 cm³/mol. The maximum absolute atomic E-state index is 2.52. The number of benzene rings is 9. The summed E-state index contributed by atoms with van der Waals surface area (Å²) in [6.45, 7) is 0. The Kier molecular flexibility index (Phi) is 6.16. The summed E-state index contributed by atoms with van der Waals surface area (Å²) in [6.07, 6.45) is 0. The molecule has 0 N–H and O–H groups in total. The van der Waals surface area contributed by atoms with Gasteiger partial charge in [-0.1, -0.05) is 121 Å². The average Bonchev–Trinajstić information content (AvgIpc) is 3.74. The maximum atomic E-state index is 2.52. The molecule has 0 aliphatic heterocycles. The molecule has 0 amide bonds. The Morgan fingerprint density at radius 3 is 1.92 bits per heavy atom. The Bertz CT molecular complexity index is 3150.